The lowest BCUT2D eigenvalue weighted by molar-refractivity contribution is -0.173. The van der Waals surface area contributed by atoms with E-state index in [0.29, 0.717) is 0 Å². The predicted molar refractivity (Wildman–Crippen MR) is 61.4 cm³/mol. The molecule has 4 nitrogen and oxygen atoms in total. The van der Waals surface area contributed by atoms with Gasteiger partial charge >= 0.3 is 0 Å². The molecule has 0 aromatic carbocycles. The fraction of sp³-hybridized carbons (Fsp3) is 1.00. The van der Waals surface area contributed by atoms with Crippen LogP contribution in [-0.2, 0) is 14.2 Å². The van der Waals surface area contributed by atoms with Gasteiger partial charge in [0.2, 0.25) is 0 Å². The van der Waals surface area contributed by atoms with Crippen LogP contribution >= 0.6 is 0 Å². The Balaban J connectivity index is 1.79. The number of rotatable bonds is 4. The summed E-state index contributed by atoms with van der Waals surface area (Å²) < 4.78 is 17.2. The molecule has 1 unspecified atom stereocenters. The first-order chi connectivity index (χ1) is 7.78. The summed E-state index contributed by atoms with van der Waals surface area (Å²) in [5.74, 6) is -0.309. The van der Waals surface area contributed by atoms with Crippen LogP contribution in [-0.4, -0.2) is 56.2 Å². The molecule has 16 heavy (non-hydrogen) atoms. The zero-order valence-corrected chi connectivity index (χ0v) is 10.4. The molecule has 0 saturated carbocycles. The quantitative estimate of drug-likeness (QED) is 0.726. The van der Waals surface area contributed by atoms with Crippen molar-refractivity contribution in [2.24, 2.45) is 0 Å². The van der Waals surface area contributed by atoms with Gasteiger partial charge in [-0.15, -0.1) is 0 Å². The van der Waals surface area contributed by atoms with Crippen molar-refractivity contribution in [3.05, 3.63) is 0 Å². The maximum atomic E-state index is 6.05. The van der Waals surface area contributed by atoms with E-state index in [0.717, 1.165) is 52.3 Å². The molecule has 2 fully saturated rings. The van der Waals surface area contributed by atoms with Gasteiger partial charge in [0.15, 0.2) is 5.79 Å². The first kappa shape index (κ1) is 12.3. The van der Waals surface area contributed by atoms with E-state index in [1.54, 1.807) is 0 Å². The predicted octanol–water partition coefficient (Wildman–Crippen LogP) is 1.25. The number of hydrogen-bond donors (Lipinski definition) is 0. The topological polar surface area (TPSA) is 30.9 Å². The van der Waals surface area contributed by atoms with Crippen molar-refractivity contribution in [1.29, 1.82) is 0 Å². The standard InChI is InChI=1S/C12H23NO3/c1-3-12(4-2)15-10-11(16-12)9-13-5-7-14-8-6-13/h11H,3-10H2,1-2H3. The summed E-state index contributed by atoms with van der Waals surface area (Å²) in [6.07, 6.45) is 2.10. The van der Waals surface area contributed by atoms with Crippen molar-refractivity contribution in [2.75, 3.05) is 39.5 Å². The second kappa shape index (κ2) is 5.45. The number of hydrogen-bond acceptors (Lipinski definition) is 4. The highest BCUT2D eigenvalue weighted by Crippen LogP contribution is 2.30. The third kappa shape index (κ3) is 2.74. The first-order valence-electron chi connectivity index (χ1n) is 6.40. The summed E-state index contributed by atoms with van der Waals surface area (Å²) in [4.78, 5) is 2.40. The van der Waals surface area contributed by atoms with Crippen molar-refractivity contribution < 1.29 is 14.2 Å². The largest absolute Gasteiger partial charge is 0.379 e. The molecule has 0 amide bonds. The van der Waals surface area contributed by atoms with Crippen LogP contribution in [0.25, 0.3) is 0 Å². The molecule has 0 aliphatic carbocycles. The van der Waals surface area contributed by atoms with Gasteiger partial charge in [0.25, 0.3) is 0 Å². The minimum atomic E-state index is -0.309. The summed E-state index contributed by atoms with van der Waals surface area (Å²) in [7, 11) is 0. The van der Waals surface area contributed by atoms with E-state index in [4.69, 9.17) is 14.2 Å². The van der Waals surface area contributed by atoms with E-state index in [9.17, 15) is 0 Å². The second-order valence-corrected chi connectivity index (χ2v) is 4.58. The van der Waals surface area contributed by atoms with Gasteiger partial charge in [-0.05, 0) is 12.8 Å². The molecule has 0 radical (unpaired) electrons. The van der Waals surface area contributed by atoms with E-state index in [-0.39, 0.29) is 11.9 Å². The molecule has 94 valence electrons. The third-order valence-electron chi connectivity index (χ3n) is 3.56. The molecule has 0 bridgehead atoms. The first-order valence-corrected chi connectivity index (χ1v) is 6.40. The Kier molecular flexibility index (Phi) is 4.19. The number of nitrogens with zero attached hydrogens (tertiary/aromatic N) is 1. The van der Waals surface area contributed by atoms with Crippen LogP contribution < -0.4 is 0 Å². The van der Waals surface area contributed by atoms with E-state index in [1.165, 1.54) is 0 Å². The lowest BCUT2D eigenvalue weighted by Gasteiger charge is -2.29. The molecule has 0 aromatic rings. The minimum Gasteiger partial charge on any atom is -0.379 e. The van der Waals surface area contributed by atoms with Crippen molar-refractivity contribution in [2.45, 2.75) is 38.6 Å². The monoisotopic (exact) mass is 229 g/mol. The Bertz CT molecular complexity index is 212. The SMILES string of the molecule is CCC1(CC)OCC(CN2CCOCC2)O1. The maximum Gasteiger partial charge on any atom is 0.168 e. The summed E-state index contributed by atoms with van der Waals surface area (Å²) in [5.41, 5.74) is 0. The Morgan fingerprint density at radius 1 is 1.19 bits per heavy atom. The van der Waals surface area contributed by atoms with Gasteiger partial charge in [-0.3, -0.25) is 4.90 Å². The Morgan fingerprint density at radius 2 is 1.88 bits per heavy atom. The fourth-order valence-electron chi connectivity index (χ4n) is 2.40. The molecule has 2 heterocycles. The highest BCUT2D eigenvalue weighted by molar-refractivity contribution is 4.79. The normalized spacial score (nSPS) is 30.8. The van der Waals surface area contributed by atoms with Crippen molar-refractivity contribution in [1.82, 2.24) is 4.90 Å². The lowest BCUT2D eigenvalue weighted by Crippen LogP contribution is -2.42. The summed E-state index contributed by atoms with van der Waals surface area (Å²) in [6, 6.07) is 0. The van der Waals surface area contributed by atoms with Gasteiger partial charge in [-0.1, -0.05) is 13.8 Å². The second-order valence-electron chi connectivity index (χ2n) is 4.58. The zero-order valence-electron chi connectivity index (χ0n) is 10.4. The Labute approximate surface area is 97.8 Å². The molecule has 2 aliphatic heterocycles. The average Bonchev–Trinajstić information content (AvgIpc) is 2.75. The summed E-state index contributed by atoms with van der Waals surface area (Å²) >= 11 is 0. The average molecular weight is 229 g/mol. The highest BCUT2D eigenvalue weighted by Gasteiger charge is 2.38. The van der Waals surface area contributed by atoms with Crippen LogP contribution in [0, 0.1) is 0 Å². The molecule has 0 N–H and O–H groups in total. The highest BCUT2D eigenvalue weighted by atomic mass is 16.7. The van der Waals surface area contributed by atoms with Crippen LogP contribution in [0.15, 0.2) is 0 Å². The van der Waals surface area contributed by atoms with E-state index >= 15 is 0 Å². The van der Waals surface area contributed by atoms with E-state index in [2.05, 4.69) is 18.7 Å². The third-order valence-corrected chi connectivity index (χ3v) is 3.56. The van der Waals surface area contributed by atoms with Crippen molar-refractivity contribution in [3.63, 3.8) is 0 Å². The summed E-state index contributed by atoms with van der Waals surface area (Å²) in [5, 5.41) is 0. The number of ether oxygens (including phenoxy) is 3. The van der Waals surface area contributed by atoms with Crippen molar-refractivity contribution in [3.8, 4) is 0 Å². The van der Waals surface area contributed by atoms with Gasteiger partial charge in [-0.2, -0.15) is 0 Å². The molecular formula is C12H23NO3. The van der Waals surface area contributed by atoms with Crippen molar-refractivity contribution >= 4 is 0 Å². The molecule has 0 aromatic heterocycles. The van der Waals surface area contributed by atoms with Crippen LogP contribution in [0.4, 0.5) is 0 Å². The fourth-order valence-corrected chi connectivity index (χ4v) is 2.40. The smallest absolute Gasteiger partial charge is 0.168 e. The molecule has 0 spiro atoms. The van der Waals surface area contributed by atoms with Gasteiger partial charge in [-0.25, -0.2) is 0 Å². The minimum absolute atomic E-state index is 0.234. The van der Waals surface area contributed by atoms with Crippen LogP contribution in [0.5, 0.6) is 0 Å². The maximum absolute atomic E-state index is 6.05. The summed E-state index contributed by atoms with van der Waals surface area (Å²) in [6.45, 7) is 9.70. The molecule has 2 saturated heterocycles. The molecule has 1 atom stereocenters. The molecule has 2 rings (SSSR count). The van der Waals surface area contributed by atoms with E-state index in [1.807, 2.05) is 0 Å². The molecule has 2 aliphatic rings. The van der Waals surface area contributed by atoms with Crippen LogP contribution in [0.3, 0.4) is 0 Å². The van der Waals surface area contributed by atoms with Gasteiger partial charge in [0, 0.05) is 19.6 Å². The molecule has 4 heteroatoms. The Hall–Kier alpha value is -0.160. The number of morpholine rings is 1. The zero-order chi connectivity index (χ0) is 11.4. The Morgan fingerprint density at radius 3 is 2.44 bits per heavy atom. The van der Waals surface area contributed by atoms with Gasteiger partial charge < -0.3 is 14.2 Å². The van der Waals surface area contributed by atoms with Crippen LogP contribution in [0.1, 0.15) is 26.7 Å². The lowest BCUT2D eigenvalue weighted by atomic mass is 10.1. The van der Waals surface area contributed by atoms with E-state index < -0.39 is 0 Å². The van der Waals surface area contributed by atoms with Gasteiger partial charge in [0.05, 0.1) is 25.9 Å². The van der Waals surface area contributed by atoms with Crippen LogP contribution in [0.2, 0.25) is 0 Å². The molecular weight excluding hydrogens is 206 g/mol. The van der Waals surface area contributed by atoms with Gasteiger partial charge in [0.1, 0.15) is 0 Å².